The van der Waals surface area contributed by atoms with Crippen LogP contribution in [0.5, 0.6) is 0 Å². The molecule has 0 heterocycles. The summed E-state index contributed by atoms with van der Waals surface area (Å²) in [7, 11) is -3.62. The summed E-state index contributed by atoms with van der Waals surface area (Å²) in [5.41, 5.74) is 5.38. The van der Waals surface area contributed by atoms with E-state index in [2.05, 4.69) is 4.72 Å². The molecule has 0 aliphatic carbocycles. The molecule has 0 aliphatic heterocycles. The third kappa shape index (κ3) is 3.44. The van der Waals surface area contributed by atoms with E-state index in [-0.39, 0.29) is 16.1 Å². The van der Waals surface area contributed by atoms with Crippen molar-refractivity contribution >= 4 is 15.7 Å². The van der Waals surface area contributed by atoms with Gasteiger partial charge in [-0.3, -0.25) is 0 Å². The van der Waals surface area contributed by atoms with Crippen molar-refractivity contribution in [1.82, 2.24) is 4.72 Å². The number of rotatable bonds is 2. The van der Waals surface area contributed by atoms with Crippen LogP contribution < -0.4 is 10.5 Å². The summed E-state index contributed by atoms with van der Waals surface area (Å²) in [4.78, 5) is 0.0400. The van der Waals surface area contributed by atoms with Gasteiger partial charge in [-0.05, 0) is 39.0 Å². The first-order valence-electron chi connectivity index (χ1n) is 4.99. The van der Waals surface area contributed by atoms with Gasteiger partial charge < -0.3 is 5.73 Å². The summed E-state index contributed by atoms with van der Waals surface area (Å²) in [5.74, 6) is 0. The minimum absolute atomic E-state index is 0.0400. The molecule has 5 nitrogen and oxygen atoms in total. The second kappa shape index (κ2) is 4.35. The van der Waals surface area contributed by atoms with Gasteiger partial charge in [0.1, 0.15) is 6.07 Å². The van der Waals surface area contributed by atoms with Crippen LogP contribution in [0, 0.1) is 11.3 Å². The van der Waals surface area contributed by atoms with Crippen LogP contribution in [-0.2, 0) is 10.0 Å². The molecule has 1 aromatic rings. The lowest BCUT2D eigenvalue weighted by Gasteiger charge is -2.20. The van der Waals surface area contributed by atoms with E-state index < -0.39 is 15.6 Å². The summed E-state index contributed by atoms with van der Waals surface area (Å²) < 4.78 is 26.4. The maximum Gasteiger partial charge on any atom is 0.241 e. The van der Waals surface area contributed by atoms with Gasteiger partial charge in [0.15, 0.2) is 0 Å². The van der Waals surface area contributed by atoms with Gasteiger partial charge in [0.25, 0.3) is 0 Å². The molecule has 0 unspecified atom stereocenters. The maximum atomic E-state index is 12.0. The van der Waals surface area contributed by atoms with Crippen LogP contribution in [0.2, 0.25) is 0 Å². The van der Waals surface area contributed by atoms with Gasteiger partial charge in [-0.2, -0.15) is 5.26 Å². The topological polar surface area (TPSA) is 96.0 Å². The molecule has 17 heavy (non-hydrogen) atoms. The van der Waals surface area contributed by atoms with Crippen LogP contribution >= 0.6 is 0 Å². The molecule has 92 valence electrons. The number of nitrogens with one attached hydrogen (secondary N) is 1. The Labute approximate surface area is 101 Å². The largest absolute Gasteiger partial charge is 0.398 e. The van der Waals surface area contributed by atoms with Crippen molar-refractivity contribution in [2.45, 2.75) is 31.2 Å². The lowest BCUT2D eigenvalue weighted by atomic mass is 10.1. The molecule has 0 amide bonds. The zero-order valence-electron chi connectivity index (χ0n) is 9.98. The predicted molar refractivity (Wildman–Crippen MR) is 65.6 cm³/mol. The van der Waals surface area contributed by atoms with E-state index >= 15 is 0 Å². The number of sulfonamides is 1. The minimum atomic E-state index is -3.62. The van der Waals surface area contributed by atoms with Crippen molar-refractivity contribution in [2.75, 3.05) is 5.73 Å². The second-order valence-corrected chi connectivity index (χ2v) is 6.40. The Hall–Kier alpha value is -1.58. The summed E-state index contributed by atoms with van der Waals surface area (Å²) in [6.45, 7) is 5.23. The van der Waals surface area contributed by atoms with Gasteiger partial charge in [0.05, 0.1) is 10.5 Å². The van der Waals surface area contributed by atoms with E-state index in [0.717, 1.165) is 0 Å². The van der Waals surface area contributed by atoms with Crippen LogP contribution in [0.1, 0.15) is 26.3 Å². The highest BCUT2D eigenvalue weighted by molar-refractivity contribution is 7.89. The van der Waals surface area contributed by atoms with Crippen LogP contribution in [0.3, 0.4) is 0 Å². The first-order valence-corrected chi connectivity index (χ1v) is 6.48. The third-order valence-corrected chi connectivity index (χ3v) is 3.65. The minimum Gasteiger partial charge on any atom is -0.398 e. The van der Waals surface area contributed by atoms with Gasteiger partial charge in [-0.25, -0.2) is 13.1 Å². The average Bonchev–Trinajstić information content (AvgIpc) is 2.14. The fourth-order valence-corrected chi connectivity index (χ4v) is 2.71. The van der Waals surface area contributed by atoms with Gasteiger partial charge in [0, 0.05) is 11.2 Å². The Bertz CT molecular complexity index is 565. The SMILES string of the molecule is CC(C)(C)NS(=O)(=O)c1ccc(N)c(C#N)c1. The molecule has 6 heteroatoms. The highest BCUT2D eigenvalue weighted by Gasteiger charge is 2.22. The smallest absolute Gasteiger partial charge is 0.241 e. The number of hydrogen-bond donors (Lipinski definition) is 2. The van der Waals surface area contributed by atoms with Crippen LogP contribution in [0.15, 0.2) is 23.1 Å². The summed E-state index contributed by atoms with van der Waals surface area (Å²) in [6.07, 6.45) is 0. The van der Waals surface area contributed by atoms with E-state index in [1.165, 1.54) is 18.2 Å². The molecular formula is C11H15N3O2S. The lowest BCUT2D eigenvalue weighted by Crippen LogP contribution is -2.40. The molecule has 0 atom stereocenters. The molecule has 0 aliphatic rings. The van der Waals surface area contributed by atoms with E-state index in [4.69, 9.17) is 11.0 Å². The fourth-order valence-electron chi connectivity index (χ4n) is 1.26. The predicted octanol–water partition coefficient (Wildman–Crippen LogP) is 1.22. The van der Waals surface area contributed by atoms with Crippen molar-refractivity contribution in [1.29, 1.82) is 5.26 Å². The molecule has 0 bridgehead atoms. The normalized spacial score (nSPS) is 12.1. The van der Waals surface area contributed by atoms with Crippen molar-refractivity contribution < 1.29 is 8.42 Å². The zero-order chi connectivity index (χ0) is 13.3. The van der Waals surface area contributed by atoms with Crippen molar-refractivity contribution in [3.05, 3.63) is 23.8 Å². The van der Waals surface area contributed by atoms with E-state index in [0.29, 0.717) is 0 Å². The van der Waals surface area contributed by atoms with Crippen molar-refractivity contribution in [3.8, 4) is 6.07 Å². The molecular weight excluding hydrogens is 238 g/mol. The van der Waals surface area contributed by atoms with Crippen LogP contribution in [0.4, 0.5) is 5.69 Å². The molecule has 0 aromatic heterocycles. The highest BCUT2D eigenvalue weighted by atomic mass is 32.2. The number of nitrogen functional groups attached to an aromatic ring is 1. The number of hydrogen-bond acceptors (Lipinski definition) is 4. The first kappa shape index (κ1) is 13.5. The van der Waals surface area contributed by atoms with E-state index in [9.17, 15) is 8.42 Å². The Morgan fingerprint density at radius 3 is 2.41 bits per heavy atom. The van der Waals surface area contributed by atoms with Gasteiger partial charge in [-0.1, -0.05) is 0 Å². The summed E-state index contributed by atoms with van der Waals surface area (Å²) in [5, 5.41) is 8.80. The number of nitriles is 1. The van der Waals surface area contributed by atoms with Crippen molar-refractivity contribution in [2.24, 2.45) is 0 Å². The molecule has 0 saturated heterocycles. The van der Waals surface area contributed by atoms with Gasteiger partial charge in [0.2, 0.25) is 10.0 Å². The quantitative estimate of drug-likeness (QED) is 0.774. The Morgan fingerprint density at radius 2 is 1.94 bits per heavy atom. The number of nitrogens with two attached hydrogens (primary N) is 1. The summed E-state index contributed by atoms with van der Waals surface area (Å²) in [6, 6.07) is 5.91. The molecule has 1 aromatic carbocycles. The highest BCUT2D eigenvalue weighted by Crippen LogP contribution is 2.18. The molecule has 1 rings (SSSR count). The Morgan fingerprint density at radius 1 is 1.35 bits per heavy atom. The van der Waals surface area contributed by atoms with Crippen LogP contribution in [-0.4, -0.2) is 14.0 Å². The number of nitrogens with zero attached hydrogens (tertiary/aromatic N) is 1. The number of benzene rings is 1. The monoisotopic (exact) mass is 253 g/mol. The summed E-state index contributed by atoms with van der Waals surface area (Å²) >= 11 is 0. The van der Waals surface area contributed by atoms with Gasteiger partial charge in [-0.15, -0.1) is 0 Å². The molecule has 0 spiro atoms. The van der Waals surface area contributed by atoms with E-state index in [1.54, 1.807) is 20.8 Å². The number of anilines is 1. The Balaban J connectivity index is 3.22. The lowest BCUT2D eigenvalue weighted by molar-refractivity contribution is 0.491. The standard InChI is InChI=1S/C11H15N3O2S/c1-11(2,3)14-17(15,16)9-4-5-10(13)8(6-9)7-12/h4-6,14H,13H2,1-3H3. The maximum absolute atomic E-state index is 12.0. The molecule has 0 saturated carbocycles. The first-order chi connectivity index (χ1) is 7.65. The van der Waals surface area contributed by atoms with Crippen LogP contribution in [0.25, 0.3) is 0 Å². The van der Waals surface area contributed by atoms with Gasteiger partial charge >= 0.3 is 0 Å². The molecule has 3 N–H and O–H groups in total. The molecule has 0 radical (unpaired) electrons. The Kier molecular flexibility index (Phi) is 3.45. The van der Waals surface area contributed by atoms with E-state index in [1.807, 2.05) is 6.07 Å². The zero-order valence-corrected chi connectivity index (χ0v) is 10.8. The average molecular weight is 253 g/mol. The molecule has 0 fully saturated rings. The third-order valence-electron chi connectivity index (χ3n) is 1.90. The fraction of sp³-hybridized carbons (Fsp3) is 0.364. The second-order valence-electron chi connectivity index (χ2n) is 4.72. The van der Waals surface area contributed by atoms with Crippen molar-refractivity contribution in [3.63, 3.8) is 0 Å².